The Morgan fingerprint density at radius 3 is 2.33 bits per heavy atom. The maximum Gasteiger partial charge on any atom is 0.265 e. The summed E-state index contributed by atoms with van der Waals surface area (Å²) in [7, 11) is 0. The number of ether oxygens (including phenoxy) is 1. The molecule has 0 saturated carbocycles. The molecule has 126 valence electrons. The molecule has 2 rings (SSSR count). The van der Waals surface area contributed by atoms with Crippen LogP contribution in [0.4, 0.5) is 5.69 Å². The molecule has 0 radical (unpaired) electrons. The molecule has 0 saturated heterocycles. The van der Waals surface area contributed by atoms with E-state index in [2.05, 4.69) is 5.32 Å². The molecule has 0 fully saturated rings. The van der Waals surface area contributed by atoms with E-state index >= 15 is 0 Å². The summed E-state index contributed by atoms with van der Waals surface area (Å²) in [5, 5.41) is 2.73. The van der Waals surface area contributed by atoms with Crippen molar-refractivity contribution in [1.29, 1.82) is 0 Å². The van der Waals surface area contributed by atoms with Gasteiger partial charge in [-0.05, 0) is 55.7 Å². The van der Waals surface area contributed by atoms with Crippen molar-refractivity contribution < 1.29 is 14.3 Å². The van der Waals surface area contributed by atoms with E-state index in [1.165, 1.54) is 0 Å². The van der Waals surface area contributed by atoms with Gasteiger partial charge in [0.05, 0.1) is 11.3 Å². The van der Waals surface area contributed by atoms with Gasteiger partial charge >= 0.3 is 0 Å². The van der Waals surface area contributed by atoms with Gasteiger partial charge in [-0.2, -0.15) is 0 Å². The summed E-state index contributed by atoms with van der Waals surface area (Å²) in [6.07, 6.45) is -0.162. The van der Waals surface area contributed by atoms with Crippen molar-refractivity contribution in [3.8, 4) is 5.75 Å². The third-order valence-corrected chi connectivity index (χ3v) is 3.59. The number of hydrogen-bond acceptors (Lipinski definition) is 3. The van der Waals surface area contributed by atoms with Crippen LogP contribution in [0, 0.1) is 13.8 Å². The van der Waals surface area contributed by atoms with E-state index in [4.69, 9.17) is 10.5 Å². The van der Waals surface area contributed by atoms with Gasteiger partial charge in [0.2, 0.25) is 0 Å². The second kappa shape index (κ2) is 7.64. The lowest BCUT2D eigenvalue weighted by molar-refractivity contribution is -0.122. The van der Waals surface area contributed by atoms with Crippen LogP contribution in [0.3, 0.4) is 0 Å². The second-order valence-corrected chi connectivity index (χ2v) is 5.74. The Kier molecular flexibility index (Phi) is 5.58. The molecule has 2 amide bonds. The minimum Gasteiger partial charge on any atom is -0.481 e. The molecule has 0 aliphatic carbocycles. The van der Waals surface area contributed by atoms with E-state index in [1.54, 1.807) is 24.3 Å². The fourth-order valence-corrected chi connectivity index (χ4v) is 2.51. The number of carbonyl (C=O) groups excluding carboxylic acids is 2. The number of nitrogens with one attached hydrogen (secondary N) is 1. The number of aryl methyl sites for hydroxylation is 2. The number of benzene rings is 2. The first-order valence-electron chi connectivity index (χ1n) is 7.85. The molecule has 2 aromatic carbocycles. The molecule has 0 aromatic heterocycles. The fraction of sp³-hybridized carbons (Fsp3) is 0.263. The highest BCUT2D eigenvalue weighted by Gasteiger charge is 2.20. The second-order valence-electron chi connectivity index (χ2n) is 5.74. The summed E-state index contributed by atoms with van der Waals surface area (Å²) in [4.78, 5) is 24.0. The Morgan fingerprint density at radius 1 is 1.12 bits per heavy atom. The molecule has 0 bridgehead atoms. The largest absolute Gasteiger partial charge is 0.481 e. The summed E-state index contributed by atoms with van der Waals surface area (Å²) in [6.45, 7) is 5.82. The Morgan fingerprint density at radius 2 is 1.75 bits per heavy atom. The first-order valence-corrected chi connectivity index (χ1v) is 7.85. The summed E-state index contributed by atoms with van der Waals surface area (Å²) in [5.41, 5.74) is 8.13. The summed E-state index contributed by atoms with van der Waals surface area (Å²) < 4.78 is 5.83. The Bertz CT molecular complexity index is 736. The van der Waals surface area contributed by atoms with Crippen molar-refractivity contribution >= 4 is 17.5 Å². The van der Waals surface area contributed by atoms with E-state index in [0.29, 0.717) is 17.9 Å². The number of amides is 2. The highest BCUT2D eigenvalue weighted by molar-refractivity contribution is 6.04. The predicted molar refractivity (Wildman–Crippen MR) is 94.2 cm³/mol. The SMILES string of the molecule is CC[C@@H](Oc1cc(C)cc(C)c1)C(=O)Nc1ccccc1C(N)=O. The number of anilines is 1. The molecule has 0 spiro atoms. The monoisotopic (exact) mass is 326 g/mol. The van der Waals surface area contributed by atoms with Gasteiger partial charge in [-0.3, -0.25) is 9.59 Å². The molecule has 5 heteroatoms. The van der Waals surface area contributed by atoms with Crippen LogP contribution in [0.15, 0.2) is 42.5 Å². The lowest BCUT2D eigenvalue weighted by atomic mass is 10.1. The van der Waals surface area contributed by atoms with Crippen molar-refractivity contribution in [2.45, 2.75) is 33.3 Å². The molecule has 0 aliphatic heterocycles. The van der Waals surface area contributed by atoms with E-state index in [0.717, 1.165) is 11.1 Å². The van der Waals surface area contributed by atoms with Gasteiger partial charge in [-0.15, -0.1) is 0 Å². The molecule has 3 N–H and O–H groups in total. The van der Waals surface area contributed by atoms with Gasteiger partial charge in [0.1, 0.15) is 5.75 Å². The van der Waals surface area contributed by atoms with E-state index in [9.17, 15) is 9.59 Å². The van der Waals surface area contributed by atoms with Crippen molar-refractivity contribution in [2.75, 3.05) is 5.32 Å². The first-order chi connectivity index (χ1) is 11.4. The average Bonchev–Trinajstić information content (AvgIpc) is 2.51. The molecule has 0 heterocycles. The van der Waals surface area contributed by atoms with Gasteiger partial charge in [0, 0.05) is 0 Å². The fourth-order valence-electron chi connectivity index (χ4n) is 2.51. The standard InChI is InChI=1S/C19H22N2O3/c1-4-17(24-14-10-12(2)9-13(3)11-14)19(23)21-16-8-6-5-7-15(16)18(20)22/h5-11,17H,4H2,1-3H3,(H2,20,22)(H,21,23)/t17-/m1/s1. The van der Waals surface area contributed by atoms with Crippen LogP contribution >= 0.6 is 0 Å². The normalized spacial score (nSPS) is 11.6. The van der Waals surface area contributed by atoms with Crippen LogP contribution in [0.5, 0.6) is 5.75 Å². The summed E-state index contributed by atoms with van der Waals surface area (Å²) >= 11 is 0. The first kappa shape index (κ1) is 17.5. The van der Waals surface area contributed by atoms with Crippen LogP contribution in [-0.4, -0.2) is 17.9 Å². The van der Waals surface area contributed by atoms with E-state index in [1.807, 2.05) is 39.0 Å². The number of para-hydroxylation sites is 1. The molecule has 2 aromatic rings. The van der Waals surface area contributed by atoms with Gasteiger partial charge in [0.25, 0.3) is 11.8 Å². The van der Waals surface area contributed by atoms with Gasteiger partial charge in [-0.1, -0.05) is 25.1 Å². The molecular formula is C19H22N2O3. The van der Waals surface area contributed by atoms with Crippen molar-refractivity contribution in [2.24, 2.45) is 5.73 Å². The highest BCUT2D eigenvalue weighted by Crippen LogP contribution is 2.20. The summed E-state index contributed by atoms with van der Waals surface area (Å²) in [5.74, 6) is -0.253. The zero-order valence-electron chi connectivity index (χ0n) is 14.1. The Balaban J connectivity index is 2.16. The Hall–Kier alpha value is -2.82. The minimum absolute atomic E-state index is 0.270. The zero-order chi connectivity index (χ0) is 17.7. The smallest absolute Gasteiger partial charge is 0.265 e. The van der Waals surface area contributed by atoms with Crippen molar-refractivity contribution in [3.05, 3.63) is 59.2 Å². The van der Waals surface area contributed by atoms with Crippen molar-refractivity contribution in [1.82, 2.24) is 0 Å². The topological polar surface area (TPSA) is 81.4 Å². The third kappa shape index (κ3) is 4.35. The quantitative estimate of drug-likeness (QED) is 0.855. The molecule has 1 atom stereocenters. The maximum absolute atomic E-state index is 12.5. The average molecular weight is 326 g/mol. The van der Waals surface area contributed by atoms with Crippen LogP contribution in [0.2, 0.25) is 0 Å². The molecule has 0 unspecified atom stereocenters. The summed E-state index contributed by atoms with van der Waals surface area (Å²) in [6, 6.07) is 12.5. The van der Waals surface area contributed by atoms with E-state index in [-0.39, 0.29) is 11.5 Å². The zero-order valence-corrected chi connectivity index (χ0v) is 14.1. The van der Waals surface area contributed by atoms with Crippen LogP contribution < -0.4 is 15.8 Å². The third-order valence-electron chi connectivity index (χ3n) is 3.59. The van der Waals surface area contributed by atoms with Crippen LogP contribution in [-0.2, 0) is 4.79 Å². The highest BCUT2D eigenvalue weighted by atomic mass is 16.5. The van der Waals surface area contributed by atoms with Gasteiger partial charge in [-0.25, -0.2) is 0 Å². The Labute approximate surface area is 141 Å². The number of primary amides is 1. The molecule has 5 nitrogen and oxygen atoms in total. The minimum atomic E-state index is -0.660. The molecule has 0 aliphatic rings. The van der Waals surface area contributed by atoms with E-state index < -0.39 is 12.0 Å². The van der Waals surface area contributed by atoms with Crippen molar-refractivity contribution in [3.63, 3.8) is 0 Å². The number of rotatable bonds is 6. The van der Waals surface area contributed by atoms with Gasteiger partial charge in [0.15, 0.2) is 6.10 Å². The number of nitrogens with two attached hydrogens (primary N) is 1. The van der Waals surface area contributed by atoms with Gasteiger partial charge < -0.3 is 15.8 Å². The number of hydrogen-bond donors (Lipinski definition) is 2. The molecule has 24 heavy (non-hydrogen) atoms. The van der Waals surface area contributed by atoms with Crippen LogP contribution in [0.1, 0.15) is 34.8 Å². The molecular weight excluding hydrogens is 304 g/mol. The lowest BCUT2D eigenvalue weighted by Crippen LogP contribution is -2.33. The van der Waals surface area contributed by atoms with Crippen LogP contribution in [0.25, 0.3) is 0 Å². The predicted octanol–water partition coefficient (Wildman–Crippen LogP) is 3.20. The lowest BCUT2D eigenvalue weighted by Gasteiger charge is -2.18. The maximum atomic E-state index is 12.5. The number of carbonyl (C=O) groups is 2.